The van der Waals surface area contributed by atoms with Gasteiger partial charge in [-0.1, -0.05) is 36.9 Å². The van der Waals surface area contributed by atoms with Crippen molar-refractivity contribution in [3.63, 3.8) is 0 Å². The third-order valence-corrected chi connectivity index (χ3v) is 3.77. The van der Waals surface area contributed by atoms with Gasteiger partial charge in [-0.2, -0.15) is 0 Å². The van der Waals surface area contributed by atoms with Gasteiger partial charge in [-0.15, -0.1) is 0 Å². The lowest BCUT2D eigenvalue weighted by Crippen LogP contribution is -2.48. The van der Waals surface area contributed by atoms with Gasteiger partial charge < -0.3 is 15.0 Å². The number of hydrogen-bond donors (Lipinski definition) is 1. The summed E-state index contributed by atoms with van der Waals surface area (Å²) in [6.45, 7) is 7.14. The van der Waals surface area contributed by atoms with Crippen LogP contribution < -0.4 is 5.32 Å². The van der Waals surface area contributed by atoms with E-state index in [0.29, 0.717) is 19.8 Å². The molecule has 0 radical (unpaired) electrons. The fourth-order valence-electron chi connectivity index (χ4n) is 2.56. The molecule has 0 aromatic heterocycles. The summed E-state index contributed by atoms with van der Waals surface area (Å²) in [6.07, 6.45) is 1.45. The van der Waals surface area contributed by atoms with E-state index in [4.69, 9.17) is 4.74 Å². The highest BCUT2D eigenvalue weighted by Gasteiger charge is 2.26. The highest BCUT2D eigenvalue weighted by molar-refractivity contribution is 5.88. The van der Waals surface area contributed by atoms with E-state index in [1.165, 1.54) is 6.08 Å². The van der Waals surface area contributed by atoms with Crippen LogP contribution in [0.25, 0.3) is 0 Å². The lowest BCUT2D eigenvalue weighted by Gasteiger charge is -2.34. The lowest BCUT2D eigenvalue weighted by molar-refractivity contribution is -0.139. The van der Waals surface area contributed by atoms with Crippen molar-refractivity contribution >= 4 is 11.8 Å². The minimum absolute atomic E-state index is 0.0222. The van der Waals surface area contributed by atoms with Crippen molar-refractivity contribution in [3.8, 4) is 0 Å². The Morgan fingerprint density at radius 1 is 1.45 bits per heavy atom. The van der Waals surface area contributed by atoms with Crippen molar-refractivity contribution in [3.05, 3.63) is 48.6 Å². The van der Waals surface area contributed by atoms with Crippen molar-refractivity contribution in [2.75, 3.05) is 19.8 Å². The summed E-state index contributed by atoms with van der Waals surface area (Å²) >= 11 is 0. The van der Waals surface area contributed by atoms with E-state index in [-0.39, 0.29) is 30.3 Å². The normalized spacial score (nSPS) is 19.3. The Morgan fingerprint density at radius 3 is 2.82 bits per heavy atom. The summed E-state index contributed by atoms with van der Waals surface area (Å²) in [6, 6.07) is 9.21. The average Bonchev–Trinajstić information content (AvgIpc) is 2.55. The first-order chi connectivity index (χ1) is 10.6. The van der Waals surface area contributed by atoms with Crippen LogP contribution in [-0.2, 0) is 14.3 Å². The first-order valence-electron chi connectivity index (χ1n) is 7.47. The van der Waals surface area contributed by atoms with Crippen molar-refractivity contribution < 1.29 is 14.3 Å². The fourth-order valence-corrected chi connectivity index (χ4v) is 2.56. The quantitative estimate of drug-likeness (QED) is 0.842. The van der Waals surface area contributed by atoms with E-state index >= 15 is 0 Å². The molecule has 118 valence electrons. The minimum atomic E-state index is -0.353. The maximum Gasteiger partial charge on any atom is 0.243 e. The molecule has 1 N–H and O–H groups in total. The Balaban J connectivity index is 2.10. The van der Waals surface area contributed by atoms with Crippen LogP contribution >= 0.6 is 0 Å². The smallest absolute Gasteiger partial charge is 0.243 e. The van der Waals surface area contributed by atoms with E-state index in [9.17, 15) is 9.59 Å². The first kappa shape index (κ1) is 16.2. The molecule has 0 aliphatic carbocycles. The summed E-state index contributed by atoms with van der Waals surface area (Å²) in [5.74, 6) is -0.259. The summed E-state index contributed by atoms with van der Waals surface area (Å²) in [5, 5.41) is 2.83. The lowest BCUT2D eigenvalue weighted by atomic mass is 10.0. The number of nitrogens with one attached hydrogen (secondary N) is 1. The Labute approximate surface area is 130 Å². The second-order valence-electron chi connectivity index (χ2n) is 5.39. The Morgan fingerprint density at radius 2 is 2.18 bits per heavy atom. The van der Waals surface area contributed by atoms with Gasteiger partial charge in [0.15, 0.2) is 0 Å². The van der Waals surface area contributed by atoms with Crippen LogP contribution in [0.2, 0.25) is 0 Å². The molecule has 1 aliphatic rings. The third-order valence-electron chi connectivity index (χ3n) is 3.77. The molecule has 1 fully saturated rings. The molecule has 0 bridgehead atoms. The molecule has 2 unspecified atom stereocenters. The standard InChI is InChI=1S/C17H22N2O3/c1-3-16(20)18-15(14-7-5-4-6-8-14)11-17(21)19-9-10-22-12-13(19)2/h3-8,13,15H,1,9-12H2,2H3,(H,18,20). The first-order valence-corrected chi connectivity index (χ1v) is 7.47. The topological polar surface area (TPSA) is 58.6 Å². The van der Waals surface area contributed by atoms with Crippen LogP contribution in [0.3, 0.4) is 0 Å². The highest BCUT2D eigenvalue weighted by atomic mass is 16.5. The van der Waals surface area contributed by atoms with Gasteiger partial charge in [-0.25, -0.2) is 0 Å². The largest absolute Gasteiger partial charge is 0.377 e. The molecule has 5 nitrogen and oxygen atoms in total. The predicted molar refractivity (Wildman–Crippen MR) is 84.1 cm³/mol. The SMILES string of the molecule is C=CC(=O)NC(CC(=O)N1CCOCC1C)c1ccccc1. The van der Waals surface area contributed by atoms with Gasteiger partial charge in [0.1, 0.15) is 0 Å². The van der Waals surface area contributed by atoms with E-state index in [2.05, 4.69) is 11.9 Å². The number of carbonyl (C=O) groups excluding carboxylic acids is 2. The molecule has 2 atom stereocenters. The molecule has 2 rings (SSSR count). The van der Waals surface area contributed by atoms with Gasteiger partial charge in [-0.05, 0) is 18.6 Å². The van der Waals surface area contributed by atoms with Crippen molar-refractivity contribution in [2.24, 2.45) is 0 Å². The van der Waals surface area contributed by atoms with Crippen molar-refractivity contribution in [1.29, 1.82) is 0 Å². The predicted octanol–water partition coefficient (Wildman–Crippen LogP) is 1.67. The van der Waals surface area contributed by atoms with Crippen molar-refractivity contribution in [1.82, 2.24) is 10.2 Å². The van der Waals surface area contributed by atoms with E-state index < -0.39 is 0 Å². The second kappa shape index (κ2) is 7.75. The van der Waals surface area contributed by atoms with Crippen LogP contribution in [-0.4, -0.2) is 42.5 Å². The van der Waals surface area contributed by atoms with Gasteiger partial charge in [0.25, 0.3) is 0 Å². The molecular weight excluding hydrogens is 280 g/mol. The number of hydrogen-bond acceptors (Lipinski definition) is 3. The van der Waals surface area contributed by atoms with Crippen LogP contribution in [0, 0.1) is 0 Å². The maximum absolute atomic E-state index is 12.6. The number of morpholine rings is 1. The van der Waals surface area contributed by atoms with Crippen LogP contribution in [0.15, 0.2) is 43.0 Å². The molecule has 1 aromatic carbocycles. The Hall–Kier alpha value is -2.14. The second-order valence-corrected chi connectivity index (χ2v) is 5.39. The van der Waals surface area contributed by atoms with Crippen LogP contribution in [0.4, 0.5) is 0 Å². The molecule has 0 spiro atoms. The van der Waals surface area contributed by atoms with Gasteiger partial charge in [0, 0.05) is 6.54 Å². The number of rotatable bonds is 5. The van der Waals surface area contributed by atoms with Gasteiger partial charge in [0.05, 0.1) is 31.7 Å². The summed E-state index contributed by atoms with van der Waals surface area (Å²) in [7, 11) is 0. The highest BCUT2D eigenvalue weighted by Crippen LogP contribution is 2.19. The average molecular weight is 302 g/mol. The number of carbonyl (C=O) groups is 2. The van der Waals surface area contributed by atoms with E-state index in [1.54, 1.807) is 0 Å². The molecule has 2 amide bonds. The molecule has 1 aliphatic heterocycles. The van der Waals surface area contributed by atoms with E-state index in [1.807, 2.05) is 42.2 Å². The minimum Gasteiger partial charge on any atom is -0.377 e. The number of ether oxygens (including phenoxy) is 1. The Bertz CT molecular complexity index is 530. The monoisotopic (exact) mass is 302 g/mol. The van der Waals surface area contributed by atoms with Crippen LogP contribution in [0.1, 0.15) is 24.9 Å². The fraction of sp³-hybridized carbons (Fsp3) is 0.412. The molecule has 5 heteroatoms. The maximum atomic E-state index is 12.6. The molecule has 22 heavy (non-hydrogen) atoms. The third kappa shape index (κ3) is 4.18. The van der Waals surface area contributed by atoms with Gasteiger partial charge in [-0.3, -0.25) is 9.59 Å². The zero-order valence-corrected chi connectivity index (χ0v) is 12.8. The number of nitrogens with zero attached hydrogens (tertiary/aromatic N) is 1. The number of benzene rings is 1. The van der Waals surface area contributed by atoms with Gasteiger partial charge >= 0.3 is 0 Å². The molecule has 1 saturated heterocycles. The summed E-state index contributed by atoms with van der Waals surface area (Å²) < 4.78 is 5.36. The molecule has 1 heterocycles. The van der Waals surface area contributed by atoms with Crippen molar-refractivity contribution in [2.45, 2.75) is 25.4 Å². The summed E-state index contributed by atoms with van der Waals surface area (Å²) in [5.41, 5.74) is 0.909. The zero-order valence-electron chi connectivity index (χ0n) is 12.8. The molecule has 0 saturated carbocycles. The van der Waals surface area contributed by atoms with Gasteiger partial charge in [0.2, 0.25) is 11.8 Å². The molecule has 1 aromatic rings. The zero-order chi connectivity index (χ0) is 15.9. The van der Waals surface area contributed by atoms with Crippen LogP contribution in [0.5, 0.6) is 0 Å². The Kier molecular flexibility index (Phi) is 5.72. The molecular formula is C17H22N2O3. The van der Waals surface area contributed by atoms with E-state index in [0.717, 1.165) is 5.56 Å². The number of amides is 2. The summed E-state index contributed by atoms with van der Waals surface area (Å²) in [4.78, 5) is 26.0.